The van der Waals surface area contributed by atoms with Gasteiger partial charge in [-0.25, -0.2) is 0 Å². The standard InChI is InChI=1S/C15H24N2O/c1-3-15(16)12-4-6-13(7-5-12)18-14-8-10-17(2)11-9-14/h4-7,14-15H,3,8-11,16H2,1-2H3/t15-/m1/s1. The van der Waals surface area contributed by atoms with Gasteiger partial charge >= 0.3 is 0 Å². The first-order valence-corrected chi connectivity index (χ1v) is 6.89. The minimum absolute atomic E-state index is 0.141. The average Bonchev–Trinajstić information content (AvgIpc) is 2.41. The summed E-state index contributed by atoms with van der Waals surface area (Å²) >= 11 is 0. The lowest BCUT2D eigenvalue weighted by Crippen LogP contribution is -2.35. The van der Waals surface area contributed by atoms with Crippen LogP contribution in [0.2, 0.25) is 0 Å². The van der Waals surface area contributed by atoms with Crippen LogP contribution in [0.1, 0.15) is 37.8 Å². The lowest BCUT2D eigenvalue weighted by molar-refractivity contribution is 0.114. The second-order valence-electron chi connectivity index (χ2n) is 5.20. The van der Waals surface area contributed by atoms with Gasteiger partial charge in [0.1, 0.15) is 11.9 Å². The molecule has 3 nitrogen and oxygen atoms in total. The van der Waals surface area contributed by atoms with Crippen LogP contribution >= 0.6 is 0 Å². The van der Waals surface area contributed by atoms with Gasteiger partial charge in [-0.05, 0) is 44.0 Å². The van der Waals surface area contributed by atoms with Crippen LogP contribution in [0.4, 0.5) is 0 Å². The van der Waals surface area contributed by atoms with Gasteiger partial charge in [0.2, 0.25) is 0 Å². The number of nitrogens with two attached hydrogens (primary N) is 1. The topological polar surface area (TPSA) is 38.5 Å². The number of benzene rings is 1. The van der Waals surface area contributed by atoms with Crippen LogP contribution in [-0.4, -0.2) is 31.1 Å². The van der Waals surface area contributed by atoms with E-state index < -0.39 is 0 Å². The third kappa shape index (κ3) is 3.47. The molecular weight excluding hydrogens is 224 g/mol. The number of rotatable bonds is 4. The van der Waals surface area contributed by atoms with E-state index in [1.807, 2.05) is 12.1 Å². The minimum Gasteiger partial charge on any atom is -0.490 e. The molecule has 1 atom stereocenters. The highest BCUT2D eigenvalue weighted by atomic mass is 16.5. The molecule has 1 fully saturated rings. The zero-order valence-corrected chi connectivity index (χ0v) is 11.4. The fourth-order valence-corrected chi connectivity index (χ4v) is 2.32. The Kier molecular flexibility index (Phi) is 4.61. The SMILES string of the molecule is CC[C@@H](N)c1ccc(OC2CCN(C)CC2)cc1. The molecule has 2 N–H and O–H groups in total. The molecule has 2 rings (SSSR count). The van der Waals surface area contributed by atoms with Crippen molar-refractivity contribution in [2.24, 2.45) is 5.73 Å². The molecule has 1 heterocycles. The molecule has 0 spiro atoms. The van der Waals surface area contributed by atoms with Crippen molar-refractivity contribution in [1.29, 1.82) is 0 Å². The van der Waals surface area contributed by atoms with E-state index in [2.05, 4.69) is 31.0 Å². The maximum absolute atomic E-state index is 6.00. The molecule has 0 bridgehead atoms. The molecule has 0 aromatic heterocycles. The van der Waals surface area contributed by atoms with Gasteiger partial charge in [-0.2, -0.15) is 0 Å². The van der Waals surface area contributed by atoms with E-state index in [0.29, 0.717) is 6.10 Å². The van der Waals surface area contributed by atoms with Crippen LogP contribution in [0.15, 0.2) is 24.3 Å². The number of hydrogen-bond donors (Lipinski definition) is 1. The second-order valence-corrected chi connectivity index (χ2v) is 5.20. The molecule has 1 aromatic carbocycles. The summed E-state index contributed by atoms with van der Waals surface area (Å²) in [7, 11) is 2.16. The number of piperidine rings is 1. The van der Waals surface area contributed by atoms with Gasteiger partial charge in [0.05, 0.1) is 0 Å². The van der Waals surface area contributed by atoms with Gasteiger partial charge in [0.15, 0.2) is 0 Å². The van der Waals surface area contributed by atoms with Crippen molar-refractivity contribution >= 4 is 0 Å². The first kappa shape index (κ1) is 13.4. The molecule has 18 heavy (non-hydrogen) atoms. The van der Waals surface area contributed by atoms with Gasteiger partial charge in [-0.3, -0.25) is 0 Å². The Balaban J connectivity index is 1.90. The van der Waals surface area contributed by atoms with Crippen molar-refractivity contribution in [3.05, 3.63) is 29.8 Å². The van der Waals surface area contributed by atoms with Crippen molar-refractivity contribution < 1.29 is 4.74 Å². The first-order valence-electron chi connectivity index (χ1n) is 6.89. The first-order chi connectivity index (χ1) is 8.69. The Morgan fingerprint density at radius 2 is 1.89 bits per heavy atom. The summed E-state index contributed by atoms with van der Waals surface area (Å²) in [5, 5.41) is 0. The molecule has 0 saturated carbocycles. The van der Waals surface area contributed by atoms with Gasteiger partial charge in [-0.1, -0.05) is 19.1 Å². The van der Waals surface area contributed by atoms with Crippen molar-refractivity contribution in [3.8, 4) is 5.75 Å². The van der Waals surface area contributed by atoms with Crippen molar-refractivity contribution in [1.82, 2.24) is 4.90 Å². The maximum Gasteiger partial charge on any atom is 0.119 e. The molecule has 0 radical (unpaired) electrons. The number of ether oxygens (including phenoxy) is 1. The molecule has 1 aliphatic rings. The molecule has 0 unspecified atom stereocenters. The van der Waals surface area contributed by atoms with Crippen LogP contribution in [0, 0.1) is 0 Å². The zero-order valence-electron chi connectivity index (χ0n) is 11.4. The largest absolute Gasteiger partial charge is 0.490 e. The third-order valence-corrected chi connectivity index (χ3v) is 3.72. The lowest BCUT2D eigenvalue weighted by Gasteiger charge is -2.29. The fraction of sp³-hybridized carbons (Fsp3) is 0.600. The van der Waals surface area contributed by atoms with Gasteiger partial charge < -0.3 is 15.4 Å². The van der Waals surface area contributed by atoms with Crippen LogP contribution in [0.25, 0.3) is 0 Å². The summed E-state index contributed by atoms with van der Waals surface area (Å²) in [6, 6.07) is 8.39. The summed E-state index contributed by atoms with van der Waals surface area (Å²) in [6.45, 7) is 4.36. The molecular formula is C15H24N2O. The second kappa shape index (κ2) is 6.21. The van der Waals surface area contributed by atoms with Crippen LogP contribution in [0.5, 0.6) is 5.75 Å². The highest BCUT2D eigenvalue weighted by molar-refractivity contribution is 5.29. The molecule has 100 valence electrons. The Hall–Kier alpha value is -1.06. The summed E-state index contributed by atoms with van der Waals surface area (Å²) in [6.07, 6.45) is 3.57. The quantitative estimate of drug-likeness (QED) is 0.890. The average molecular weight is 248 g/mol. The molecule has 1 aliphatic heterocycles. The zero-order chi connectivity index (χ0) is 13.0. The van der Waals surface area contributed by atoms with Gasteiger partial charge in [-0.15, -0.1) is 0 Å². The Morgan fingerprint density at radius 1 is 1.28 bits per heavy atom. The smallest absolute Gasteiger partial charge is 0.119 e. The number of hydrogen-bond acceptors (Lipinski definition) is 3. The third-order valence-electron chi connectivity index (χ3n) is 3.72. The Bertz CT molecular complexity index is 355. The molecule has 3 heteroatoms. The van der Waals surface area contributed by atoms with Crippen LogP contribution in [0.3, 0.4) is 0 Å². The van der Waals surface area contributed by atoms with E-state index in [1.165, 1.54) is 5.56 Å². The normalized spacial score (nSPS) is 19.7. The fourth-order valence-electron chi connectivity index (χ4n) is 2.32. The van der Waals surface area contributed by atoms with Gasteiger partial charge in [0, 0.05) is 19.1 Å². The van der Waals surface area contributed by atoms with E-state index >= 15 is 0 Å². The van der Waals surface area contributed by atoms with Crippen molar-refractivity contribution in [2.45, 2.75) is 38.3 Å². The van der Waals surface area contributed by atoms with E-state index in [-0.39, 0.29) is 6.04 Å². The molecule has 0 aliphatic carbocycles. The summed E-state index contributed by atoms with van der Waals surface area (Å²) in [5.74, 6) is 0.969. The summed E-state index contributed by atoms with van der Waals surface area (Å²) in [4.78, 5) is 2.35. The van der Waals surface area contributed by atoms with E-state index in [4.69, 9.17) is 10.5 Å². The van der Waals surface area contributed by atoms with Crippen LogP contribution < -0.4 is 10.5 Å². The minimum atomic E-state index is 0.141. The maximum atomic E-state index is 6.00. The van der Waals surface area contributed by atoms with E-state index in [9.17, 15) is 0 Å². The number of likely N-dealkylation sites (tertiary alicyclic amines) is 1. The lowest BCUT2D eigenvalue weighted by atomic mass is 10.1. The number of nitrogens with zero attached hydrogens (tertiary/aromatic N) is 1. The van der Waals surface area contributed by atoms with Gasteiger partial charge in [0.25, 0.3) is 0 Å². The van der Waals surface area contributed by atoms with Crippen LogP contribution in [-0.2, 0) is 0 Å². The van der Waals surface area contributed by atoms with Crippen molar-refractivity contribution in [2.75, 3.05) is 20.1 Å². The predicted molar refractivity (Wildman–Crippen MR) is 74.8 cm³/mol. The highest BCUT2D eigenvalue weighted by Gasteiger charge is 2.17. The van der Waals surface area contributed by atoms with E-state index in [0.717, 1.165) is 38.1 Å². The summed E-state index contributed by atoms with van der Waals surface area (Å²) < 4.78 is 6.00. The molecule has 1 saturated heterocycles. The summed E-state index contributed by atoms with van der Waals surface area (Å²) in [5.41, 5.74) is 7.19. The Labute approximate surface area is 110 Å². The molecule has 1 aromatic rings. The monoisotopic (exact) mass is 248 g/mol. The Morgan fingerprint density at radius 3 is 2.44 bits per heavy atom. The van der Waals surface area contributed by atoms with E-state index in [1.54, 1.807) is 0 Å². The predicted octanol–water partition coefficient (Wildman–Crippen LogP) is 2.57. The molecule has 0 amide bonds. The highest BCUT2D eigenvalue weighted by Crippen LogP contribution is 2.21. The van der Waals surface area contributed by atoms with Crippen molar-refractivity contribution in [3.63, 3.8) is 0 Å².